The van der Waals surface area contributed by atoms with Gasteiger partial charge >= 0.3 is 0 Å². The maximum Gasteiger partial charge on any atom is 0.234 e. The highest BCUT2D eigenvalue weighted by atomic mass is 16.2. The topological polar surface area (TPSA) is 35.6 Å². The quantitative estimate of drug-likeness (QED) is 0.813. The van der Waals surface area contributed by atoms with Gasteiger partial charge in [-0.15, -0.1) is 0 Å². The summed E-state index contributed by atoms with van der Waals surface area (Å²) in [6, 6.07) is 0.269. The molecule has 2 saturated heterocycles. The Morgan fingerprint density at radius 3 is 2.24 bits per heavy atom. The van der Waals surface area contributed by atoms with E-state index in [-0.39, 0.29) is 11.9 Å². The van der Waals surface area contributed by atoms with Crippen LogP contribution in [0.5, 0.6) is 0 Å². The standard InChI is InChI=1S/C17H33N3O/c1-14(2)15(3)18-17(21)13-20-10-6-16(7-11-20)12-19-8-4-5-9-19/h14-16H,4-13H2,1-3H3,(H,18,21). The zero-order valence-corrected chi connectivity index (χ0v) is 14.1. The van der Waals surface area contributed by atoms with Crippen LogP contribution >= 0.6 is 0 Å². The van der Waals surface area contributed by atoms with E-state index in [4.69, 9.17) is 0 Å². The molecule has 1 N–H and O–H groups in total. The van der Waals surface area contributed by atoms with Crippen molar-refractivity contribution in [2.45, 2.75) is 52.5 Å². The second-order valence-corrected chi connectivity index (χ2v) is 7.33. The molecule has 21 heavy (non-hydrogen) atoms. The summed E-state index contributed by atoms with van der Waals surface area (Å²) >= 11 is 0. The van der Waals surface area contributed by atoms with Gasteiger partial charge in [0.1, 0.15) is 0 Å². The molecule has 1 unspecified atom stereocenters. The molecule has 1 atom stereocenters. The highest BCUT2D eigenvalue weighted by molar-refractivity contribution is 5.78. The lowest BCUT2D eigenvalue weighted by Gasteiger charge is -2.33. The molecule has 4 nitrogen and oxygen atoms in total. The lowest BCUT2D eigenvalue weighted by atomic mass is 9.96. The predicted octanol–water partition coefficient (Wildman–Crippen LogP) is 1.95. The zero-order chi connectivity index (χ0) is 15.2. The number of nitrogens with one attached hydrogen (secondary N) is 1. The van der Waals surface area contributed by atoms with Crippen LogP contribution in [0.25, 0.3) is 0 Å². The minimum Gasteiger partial charge on any atom is -0.352 e. The van der Waals surface area contributed by atoms with Gasteiger partial charge in [0.25, 0.3) is 0 Å². The summed E-state index contributed by atoms with van der Waals surface area (Å²) in [6.45, 7) is 13.0. The maximum absolute atomic E-state index is 12.0. The third-order valence-corrected chi connectivity index (χ3v) is 5.18. The van der Waals surface area contributed by atoms with Crippen molar-refractivity contribution in [3.05, 3.63) is 0 Å². The molecule has 2 fully saturated rings. The molecule has 2 heterocycles. The van der Waals surface area contributed by atoms with Crippen LogP contribution in [0.2, 0.25) is 0 Å². The second kappa shape index (κ2) is 8.14. The third kappa shape index (κ3) is 5.59. The first-order chi connectivity index (χ1) is 10.0. The first-order valence-electron chi connectivity index (χ1n) is 8.78. The van der Waals surface area contributed by atoms with Crippen molar-refractivity contribution in [1.82, 2.24) is 15.1 Å². The molecule has 0 spiro atoms. The number of hydrogen-bond donors (Lipinski definition) is 1. The fourth-order valence-corrected chi connectivity index (χ4v) is 3.33. The van der Waals surface area contributed by atoms with Gasteiger partial charge in [0.2, 0.25) is 5.91 Å². The van der Waals surface area contributed by atoms with Gasteiger partial charge < -0.3 is 10.2 Å². The van der Waals surface area contributed by atoms with Gasteiger partial charge in [0.05, 0.1) is 6.54 Å². The van der Waals surface area contributed by atoms with Crippen LogP contribution in [-0.2, 0) is 4.79 Å². The van der Waals surface area contributed by atoms with E-state index in [9.17, 15) is 4.79 Å². The molecule has 1 amide bonds. The van der Waals surface area contributed by atoms with E-state index >= 15 is 0 Å². The van der Waals surface area contributed by atoms with Gasteiger partial charge in [0, 0.05) is 12.6 Å². The molecule has 0 bridgehead atoms. The van der Waals surface area contributed by atoms with Gasteiger partial charge in [0.15, 0.2) is 0 Å². The second-order valence-electron chi connectivity index (χ2n) is 7.33. The van der Waals surface area contributed by atoms with Crippen molar-refractivity contribution in [3.8, 4) is 0 Å². The Morgan fingerprint density at radius 1 is 1.05 bits per heavy atom. The van der Waals surface area contributed by atoms with Crippen molar-refractivity contribution >= 4 is 5.91 Å². The molecule has 0 aliphatic carbocycles. The number of carbonyl (C=O) groups is 1. The average molecular weight is 295 g/mol. The molecule has 0 aromatic rings. The molecule has 0 aromatic carbocycles. The number of likely N-dealkylation sites (tertiary alicyclic amines) is 2. The number of rotatable bonds is 6. The third-order valence-electron chi connectivity index (χ3n) is 5.18. The highest BCUT2D eigenvalue weighted by Gasteiger charge is 2.24. The van der Waals surface area contributed by atoms with E-state index in [2.05, 4.69) is 35.9 Å². The zero-order valence-electron chi connectivity index (χ0n) is 14.1. The molecule has 0 saturated carbocycles. The predicted molar refractivity (Wildman–Crippen MR) is 87.3 cm³/mol. The summed E-state index contributed by atoms with van der Waals surface area (Å²) in [6.07, 6.45) is 5.27. The van der Waals surface area contributed by atoms with Gasteiger partial charge in [-0.05, 0) is 70.6 Å². The fraction of sp³-hybridized carbons (Fsp3) is 0.941. The Balaban J connectivity index is 1.63. The lowest BCUT2D eigenvalue weighted by Crippen LogP contribution is -2.46. The van der Waals surface area contributed by atoms with Crippen LogP contribution in [0.1, 0.15) is 46.5 Å². The number of hydrogen-bond acceptors (Lipinski definition) is 3. The Hall–Kier alpha value is -0.610. The van der Waals surface area contributed by atoms with Gasteiger partial charge in [-0.1, -0.05) is 13.8 Å². The molecule has 4 heteroatoms. The van der Waals surface area contributed by atoms with Crippen LogP contribution in [-0.4, -0.2) is 61.0 Å². The van der Waals surface area contributed by atoms with Crippen molar-refractivity contribution in [2.24, 2.45) is 11.8 Å². The van der Waals surface area contributed by atoms with Crippen LogP contribution < -0.4 is 5.32 Å². The molecular weight excluding hydrogens is 262 g/mol. The van der Waals surface area contributed by atoms with E-state index < -0.39 is 0 Å². The maximum atomic E-state index is 12.0. The summed E-state index contributed by atoms with van der Waals surface area (Å²) in [5.74, 6) is 1.53. The molecule has 2 aliphatic rings. The normalized spacial score (nSPS) is 23.6. The van der Waals surface area contributed by atoms with E-state index in [0.717, 1.165) is 19.0 Å². The lowest BCUT2D eigenvalue weighted by molar-refractivity contribution is -0.123. The number of nitrogens with zero attached hydrogens (tertiary/aromatic N) is 2. The number of piperidine rings is 1. The van der Waals surface area contributed by atoms with Crippen LogP contribution in [0, 0.1) is 11.8 Å². The van der Waals surface area contributed by atoms with E-state index in [1.165, 1.54) is 45.3 Å². The Kier molecular flexibility index (Phi) is 6.49. The fourth-order valence-electron chi connectivity index (χ4n) is 3.33. The number of carbonyl (C=O) groups excluding carboxylic acids is 1. The summed E-state index contributed by atoms with van der Waals surface area (Å²) in [5.41, 5.74) is 0. The largest absolute Gasteiger partial charge is 0.352 e. The summed E-state index contributed by atoms with van der Waals surface area (Å²) < 4.78 is 0. The van der Waals surface area contributed by atoms with E-state index in [0.29, 0.717) is 12.5 Å². The number of amides is 1. The van der Waals surface area contributed by atoms with Crippen molar-refractivity contribution in [3.63, 3.8) is 0 Å². The van der Waals surface area contributed by atoms with Crippen LogP contribution in [0.4, 0.5) is 0 Å². The summed E-state index contributed by atoms with van der Waals surface area (Å²) in [4.78, 5) is 17.0. The Bertz CT molecular complexity index is 318. The van der Waals surface area contributed by atoms with E-state index in [1.807, 2.05) is 0 Å². The van der Waals surface area contributed by atoms with Crippen molar-refractivity contribution in [1.29, 1.82) is 0 Å². The van der Waals surface area contributed by atoms with Gasteiger partial charge in [-0.25, -0.2) is 0 Å². The molecular formula is C17H33N3O. The Morgan fingerprint density at radius 2 is 1.67 bits per heavy atom. The van der Waals surface area contributed by atoms with Crippen LogP contribution in [0.15, 0.2) is 0 Å². The molecule has 2 rings (SSSR count). The van der Waals surface area contributed by atoms with Gasteiger partial charge in [-0.3, -0.25) is 9.69 Å². The minimum absolute atomic E-state index is 0.189. The summed E-state index contributed by atoms with van der Waals surface area (Å²) in [7, 11) is 0. The first kappa shape index (κ1) is 16.8. The van der Waals surface area contributed by atoms with Crippen LogP contribution in [0.3, 0.4) is 0 Å². The molecule has 122 valence electrons. The Labute approximate surface area is 130 Å². The molecule has 0 radical (unpaired) electrons. The molecule has 0 aromatic heterocycles. The smallest absolute Gasteiger partial charge is 0.234 e. The minimum atomic E-state index is 0.189. The summed E-state index contributed by atoms with van der Waals surface area (Å²) in [5, 5.41) is 3.11. The average Bonchev–Trinajstić information content (AvgIpc) is 2.93. The highest BCUT2D eigenvalue weighted by Crippen LogP contribution is 2.20. The van der Waals surface area contributed by atoms with Crippen molar-refractivity contribution in [2.75, 3.05) is 39.3 Å². The molecule has 2 aliphatic heterocycles. The first-order valence-corrected chi connectivity index (χ1v) is 8.78. The monoisotopic (exact) mass is 295 g/mol. The SMILES string of the molecule is CC(C)C(C)NC(=O)CN1CCC(CN2CCCC2)CC1. The van der Waals surface area contributed by atoms with E-state index in [1.54, 1.807) is 0 Å². The van der Waals surface area contributed by atoms with Crippen molar-refractivity contribution < 1.29 is 4.79 Å². The van der Waals surface area contributed by atoms with Gasteiger partial charge in [-0.2, -0.15) is 0 Å².